The molecule has 2 rings (SSSR count). The van der Waals surface area contributed by atoms with Crippen molar-refractivity contribution in [1.29, 1.82) is 0 Å². The predicted octanol–water partition coefficient (Wildman–Crippen LogP) is 1.91. The van der Waals surface area contributed by atoms with Crippen LogP contribution in [0.3, 0.4) is 0 Å². The van der Waals surface area contributed by atoms with Gasteiger partial charge in [-0.15, -0.1) is 0 Å². The molecule has 0 aliphatic heterocycles. The van der Waals surface area contributed by atoms with Crippen LogP contribution < -0.4 is 15.8 Å². The van der Waals surface area contributed by atoms with E-state index in [-0.39, 0.29) is 24.3 Å². The van der Waals surface area contributed by atoms with E-state index in [1.165, 1.54) is 19.8 Å². The average Bonchev–Trinajstić information content (AvgIpc) is 2.90. The molecule has 1 aliphatic rings. The molecule has 20 heavy (non-hydrogen) atoms. The lowest BCUT2D eigenvalue weighted by molar-refractivity contribution is -0.123. The van der Waals surface area contributed by atoms with Crippen molar-refractivity contribution in [2.24, 2.45) is 0 Å². The summed E-state index contributed by atoms with van der Waals surface area (Å²) in [5.41, 5.74) is 6.70. The third kappa shape index (κ3) is 3.73. The van der Waals surface area contributed by atoms with Gasteiger partial charge in [0, 0.05) is 11.6 Å². The molecule has 1 aromatic carbocycles. The van der Waals surface area contributed by atoms with Gasteiger partial charge in [0.15, 0.2) is 12.4 Å². The Morgan fingerprint density at radius 1 is 1.35 bits per heavy atom. The summed E-state index contributed by atoms with van der Waals surface area (Å²) in [6.45, 7) is 1.42. The molecule has 0 bridgehead atoms. The van der Waals surface area contributed by atoms with Gasteiger partial charge in [0.25, 0.3) is 5.91 Å². The summed E-state index contributed by atoms with van der Waals surface area (Å²) >= 11 is 0. The first kappa shape index (κ1) is 14.4. The van der Waals surface area contributed by atoms with Crippen LogP contribution in [-0.2, 0) is 4.79 Å². The normalized spacial score (nSPS) is 15.1. The minimum absolute atomic E-state index is 0.0535. The van der Waals surface area contributed by atoms with E-state index >= 15 is 0 Å². The highest BCUT2D eigenvalue weighted by Crippen LogP contribution is 2.23. The molecule has 1 fully saturated rings. The number of nitrogen functional groups attached to an aromatic ring is 1. The summed E-state index contributed by atoms with van der Waals surface area (Å²) in [5.74, 6) is 0.241. The quantitative estimate of drug-likeness (QED) is 0.636. The molecule has 0 atom stereocenters. The van der Waals surface area contributed by atoms with Crippen LogP contribution >= 0.6 is 0 Å². The fourth-order valence-electron chi connectivity index (χ4n) is 2.38. The van der Waals surface area contributed by atoms with Crippen molar-refractivity contribution in [3.63, 3.8) is 0 Å². The Bertz CT molecular complexity index is 508. The number of carbonyl (C=O) groups excluding carboxylic acids is 2. The van der Waals surface area contributed by atoms with Crippen LogP contribution in [0.2, 0.25) is 0 Å². The maximum atomic E-state index is 11.7. The lowest BCUT2D eigenvalue weighted by atomic mass is 10.1. The Morgan fingerprint density at radius 3 is 2.65 bits per heavy atom. The summed E-state index contributed by atoms with van der Waals surface area (Å²) < 4.78 is 5.40. The maximum absolute atomic E-state index is 11.7. The minimum atomic E-state index is -0.132. The van der Waals surface area contributed by atoms with Gasteiger partial charge in [0.2, 0.25) is 0 Å². The molecule has 1 amide bonds. The first-order chi connectivity index (χ1) is 9.56. The number of carbonyl (C=O) groups is 2. The zero-order chi connectivity index (χ0) is 14.5. The van der Waals surface area contributed by atoms with Gasteiger partial charge in [-0.05, 0) is 38.0 Å². The predicted molar refractivity (Wildman–Crippen MR) is 76.8 cm³/mol. The number of hydrogen-bond acceptors (Lipinski definition) is 4. The van der Waals surface area contributed by atoms with Gasteiger partial charge < -0.3 is 15.8 Å². The van der Waals surface area contributed by atoms with Gasteiger partial charge in [-0.25, -0.2) is 0 Å². The SMILES string of the molecule is CC(=O)c1ccc(OCC(=O)NC2CCCC2)c(N)c1. The molecule has 108 valence electrons. The van der Waals surface area contributed by atoms with E-state index in [1.807, 2.05) is 0 Å². The number of Topliss-reactive ketones (excluding diaryl/α,β-unsaturated/α-hetero) is 1. The van der Waals surface area contributed by atoms with E-state index in [4.69, 9.17) is 10.5 Å². The summed E-state index contributed by atoms with van der Waals surface area (Å²) in [4.78, 5) is 22.9. The average molecular weight is 276 g/mol. The molecule has 0 saturated heterocycles. The van der Waals surface area contributed by atoms with Crippen molar-refractivity contribution in [3.05, 3.63) is 23.8 Å². The zero-order valence-electron chi connectivity index (χ0n) is 11.6. The fraction of sp³-hybridized carbons (Fsp3) is 0.467. The Balaban J connectivity index is 1.86. The Labute approximate surface area is 118 Å². The van der Waals surface area contributed by atoms with Crippen LogP contribution in [0.1, 0.15) is 43.0 Å². The van der Waals surface area contributed by atoms with E-state index in [2.05, 4.69) is 5.32 Å². The van der Waals surface area contributed by atoms with E-state index in [9.17, 15) is 9.59 Å². The monoisotopic (exact) mass is 276 g/mol. The highest BCUT2D eigenvalue weighted by molar-refractivity contribution is 5.95. The molecule has 5 nitrogen and oxygen atoms in total. The third-order valence-corrected chi connectivity index (χ3v) is 3.50. The second-order valence-electron chi connectivity index (χ2n) is 5.15. The summed E-state index contributed by atoms with van der Waals surface area (Å²) in [5, 5.41) is 2.94. The molecule has 0 unspecified atom stereocenters. The fourth-order valence-corrected chi connectivity index (χ4v) is 2.38. The van der Waals surface area contributed by atoms with Crippen LogP contribution in [0.5, 0.6) is 5.75 Å². The summed E-state index contributed by atoms with van der Waals surface area (Å²) in [7, 11) is 0. The molecule has 0 heterocycles. The Kier molecular flexibility index (Phi) is 4.61. The third-order valence-electron chi connectivity index (χ3n) is 3.50. The molecular formula is C15H20N2O3. The van der Waals surface area contributed by atoms with Gasteiger partial charge >= 0.3 is 0 Å². The lowest BCUT2D eigenvalue weighted by Gasteiger charge is -2.13. The summed E-state index contributed by atoms with van der Waals surface area (Å²) in [6, 6.07) is 5.10. The largest absolute Gasteiger partial charge is 0.482 e. The number of ether oxygens (including phenoxy) is 1. The van der Waals surface area contributed by atoms with Gasteiger partial charge in [0.1, 0.15) is 5.75 Å². The van der Waals surface area contributed by atoms with Crippen molar-refractivity contribution < 1.29 is 14.3 Å². The first-order valence-corrected chi connectivity index (χ1v) is 6.89. The van der Waals surface area contributed by atoms with Gasteiger partial charge in [-0.3, -0.25) is 9.59 Å². The van der Waals surface area contributed by atoms with Gasteiger partial charge in [-0.1, -0.05) is 12.8 Å². The molecule has 0 aromatic heterocycles. The zero-order valence-corrected chi connectivity index (χ0v) is 11.6. The van der Waals surface area contributed by atoms with Crippen molar-refractivity contribution in [1.82, 2.24) is 5.32 Å². The molecule has 3 N–H and O–H groups in total. The van der Waals surface area contributed by atoms with E-state index < -0.39 is 0 Å². The van der Waals surface area contributed by atoms with Gasteiger partial charge in [-0.2, -0.15) is 0 Å². The number of nitrogens with one attached hydrogen (secondary N) is 1. The van der Waals surface area contributed by atoms with Crippen molar-refractivity contribution in [3.8, 4) is 5.75 Å². The Morgan fingerprint density at radius 2 is 2.05 bits per heavy atom. The molecule has 0 radical (unpaired) electrons. The highest BCUT2D eigenvalue weighted by atomic mass is 16.5. The Hall–Kier alpha value is -2.04. The molecule has 1 aliphatic carbocycles. The molecule has 0 spiro atoms. The standard InChI is InChI=1S/C15H20N2O3/c1-10(18)11-6-7-14(13(16)8-11)20-9-15(19)17-12-4-2-3-5-12/h6-8,12H,2-5,9,16H2,1H3,(H,17,19). The molecular weight excluding hydrogens is 256 g/mol. The first-order valence-electron chi connectivity index (χ1n) is 6.89. The topological polar surface area (TPSA) is 81.4 Å². The molecule has 1 aromatic rings. The van der Waals surface area contributed by atoms with Crippen LogP contribution in [0, 0.1) is 0 Å². The summed E-state index contributed by atoms with van der Waals surface area (Å²) in [6.07, 6.45) is 4.43. The second kappa shape index (κ2) is 6.41. The number of rotatable bonds is 5. The van der Waals surface area contributed by atoms with Crippen LogP contribution in [-0.4, -0.2) is 24.3 Å². The number of nitrogens with two attached hydrogens (primary N) is 1. The van der Waals surface area contributed by atoms with Crippen molar-refractivity contribution >= 4 is 17.4 Å². The van der Waals surface area contributed by atoms with E-state index in [1.54, 1.807) is 18.2 Å². The van der Waals surface area contributed by atoms with Crippen LogP contribution in [0.25, 0.3) is 0 Å². The maximum Gasteiger partial charge on any atom is 0.258 e. The number of ketones is 1. The lowest BCUT2D eigenvalue weighted by Crippen LogP contribution is -2.36. The van der Waals surface area contributed by atoms with Crippen LogP contribution in [0.15, 0.2) is 18.2 Å². The number of anilines is 1. The van der Waals surface area contributed by atoms with E-state index in [0.29, 0.717) is 17.0 Å². The number of benzene rings is 1. The van der Waals surface area contributed by atoms with Crippen LogP contribution in [0.4, 0.5) is 5.69 Å². The number of amides is 1. The smallest absolute Gasteiger partial charge is 0.258 e. The van der Waals surface area contributed by atoms with Crippen molar-refractivity contribution in [2.75, 3.05) is 12.3 Å². The van der Waals surface area contributed by atoms with Crippen molar-refractivity contribution in [2.45, 2.75) is 38.6 Å². The van der Waals surface area contributed by atoms with E-state index in [0.717, 1.165) is 12.8 Å². The number of hydrogen-bond donors (Lipinski definition) is 2. The second-order valence-corrected chi connectivity index (χ2v) is 5.15. The highest BCUT2D eigenvalue weighted by Gasteiger charge is 2.17. The minimum Gasteiger partial charge on any atom is -0.482 e. The van der Waals surface area contributed by atoms with Gasteiger partial charge in [0.05, 0.1) is 5.69 Å². The molecule has 1 saturated carbocycles. The molecule has 5 heteroatoms.